The molecule has 1 aromatic carbocycles. The molecule has 2 aromatic rings. The van der Waals surface area contributed by atoms with Crippen molar-refractivity contribution in [3.05, 3.63) is 30.0 Å². The van der Waals surface area contributed by atoms with Crippen LogP contribution in [0.2, 0.25) is 0 Å². The average molecular weight is 378 g/mol. The lowest BCUT2D eigenvalue weighted by Gasteiger charge is -2.16. The Morgan fingerprint density at radius 3 is 2.19 bits per heavy atom. The van der Waals surface area contributed by atoms with Crippen molar-refractivity contribution in [1.29, 1.82) is 0 Å². The molecule has 0 atom stereocenters. The van der Waals surface area contributed by atoms with Crippen molar-refractivity contribution in [2.24, 2.45) is 5.41 Å². The Bertz CT molecular complexity index is 805. The van der Waals surface area contributed by atoms with E-state index in [2.05, 4.69) is 24.0 Å². The lowest BCUT2D eigenvalue weighted by Crippen LogP contribution is -2.25. The molecule has 148 valence electrons. The molecule has 2 rings (SSSR count). The molecule has 0 saturated carbocycles. The van der Waals surface area contributed by atoms with Crippen molar-refractivity contribution in [3.8, 4) is 5.75 Å². The largest absolute Gasteiger partial charge is 0.473 e. The van der Waals surface area contributed by atoms with Crippen LogP contribution >= 0.6 is 0 Å². The monoisotopic (exact) mass is 378 g/mol. The van der Waals surface area contributed by atoms with Gasteiger partial charge in [0.2, 0.25) is 0 Å². The summed E-state index contributed by atoms with van der Waals surface area (Å²) in [6.07, 6.45) is 2.99. The molecule has 0 spiro atoms. The molecule has 0 fully saturated rings. The quantitative estimate of drug-likeness (QED) is 0.424. The third kappa shape index (κ3) is 7.10. The molecule has 0 aliphatic heterocycles. The van der Waals surface area contributed by atoms with E-state index >= 15 is 0 Å². The molecule has 0 radical (unpaired) electrons. The van der Waals surface area contributed by atoms with Gasteiger partial charge in [-0.2, -0.15) is 0 Å². The van der Waals surface area contributed by atoms with Gasteiger partial charge in [0, 0.05) is 23.6 Å². The van der Waals surface area contributed by atoms with Crippen LogP contribution in [0.1, 0.15) is 26.3 Å². The third-order valence-electron chi connectivity index (χ3n) is 3.57. The first-order chi connectivity index (χ1) is 12.4. The Labute approximate surface area is 157 Å². The molecule has 1 heterocycles. The maximum atomic E-state index is 12.0. The number of H-pyrrole nitrogens is 1. The van der Waals surface area contributed by atoms with Crippen molar-refractivity contribution in [2.45, 2.75) is 27.2 Å². The van der Waals surface area contributed by atoms with Crippen molar-refractivity contribution in [1.82, 2.24) is 9.88 Å². The lowest BCUT2D eigenvalue weighted by molar-refractivity contribution is -0.159. The molecule has 0 bridgehead atoms. The molecular weight excluding hydrogens is 352 g/mol. The van der Waals surface area contributed by atoms with Gasteiger partial charge in [-0.15, -0.1) is 0 Å². The Balaban J connectivity index is 0.000000527. The summed E-state index contributed by atoms with van der Waals surface area (Å²) in [6, 6.07) is 5.73. The number of aromatic amines is 1. The van der Waals surface area contributed by atoms with Gasteiger partial charge in [-0.05, 0) is 65.0 Å². The topological polar surface area (TPSA) is 120 Å². The van der Waals surface area contributed by atoms with Gasteiger partial charge in [0.1, 0.15) is 5.75 Å². The zero-order chi connectivity index (χ0) is 20.8. The predicted molar refractivity (Wildman–Crippen MR) is 101 cm³/mol. The minimum Gasteiger partial charge on any atom is -0.473 e. The van der Waals surface area contributed by atoms with E-state index in [1.807, 2.05) is 45.2 Å². The Hall–Kier alpha value is -2.87. The van der Waals surface area contributed by atoms with Crippen LogP contribution in [0.5, 0.6) is 5.75 Å². The number of hydrogen-bond acceptors (Lipinski definition) is 5. The lowest BCUT2D eigenvalue weighted by atomic mass is 9.97. The normalized spacial score (nSPS) is 11.0. The zero-order valence-electron chi connectivity index (χ0n) is 16.2. The van der Waals surface area contributed by atoms with Gasteiger partial charge in [-0.3, -0.25) is 4.79 Å². The zero-order valence-corrected chi connectivity index (χ0v) is 16.2. The molecule has 0 unspecified atom stereocenters. The van der Waals surface area contributed by atoms with E-state index in [9.17, 15) is 4.79 Å². The fourth-order valence-electron chi connectivity index (χ4n) is 2.03. The number of aliphatic carboxylic acids is 2. The minimum absolute atomic E-state index is 0.216. The fraction of sp³-hybridized carbons (Fsp3) is 0.421. The van der Waals surface area contributed by atoms with E-state index in [1.165, 1.54) is 5.56 Å². The SMILES string of the molecule is CN(C)CCc1c[nH]c2ccc(OC(=O)C(C)(C)C)cc12.O=C(O)C(=O)O. The average Bonchev–Trinajstić information content (AvgIpc) is 2.94. The Kier molecular flexibility index (Phi) is 7.54. The highest BCUT2D eigenvalue weighted by atomic mass is 16.5. The standard InChI is InChI=1S/C17H24N2O2.C2H2O4/c1-17(2,3)16(20)21-13-6-7-15-14(10-13)12(11-18-15)8-9-19(4)5;3-1(4)2(5)6/h6-7,10-11,18H,8-9H2,1-5H3;(H,3,4)(H,5,6). The maximum Gasteiger partial charge on any atom is 0.414 e. The summed E-state index contributed by atoms with van der Waals surface area (Å²) in [5, 5.41) is 15.9. The summed E-state index contributed by atoms with van der Waals surface area (Å²) in [5.74, 6) is -3.26. The molecule has 27 heavy (non-hydrogen) atoms. The number of hydrogen-bond donors (Lipinski definition) is 3. The number of carboxylic acid groups (broad SMARTS) is 2. The second-order valence-corrected chi connectivity index (χ2v) is 7.32. The summed E-state index contributed by atoms with van der Waals surface area (Å²) in [5.41, 5.74) is 1.81. The van der Waals surface area contributed by atoms with Gasteiger partial charge in [-0.25, -0.2) is 9.59 Å². The molecule has 0 aliphatic rings. The molecule has 8 nitrogen and oxygen atoms in total. The van der Waals surface area contributed by atoms with E-state index in [4.69, 9.17) is 24.5 Å². The number of ether oxygens (including phenoxy) is 1. The smallest absolute Gasteiger partial charge is 0.414 e. The van der Waals surface area contributed by atoms with E-state index in [0.29, 0.717) is 5.75 Å². The van der Waals surface area contributed by atoms with E-state index < -0.39 is 17.4 Å². The van der Waals surface area contributed by atoms with Crippen LogP contribution in [-0.4, -0.2) is 58.6 Å². The van der Waals surface area contributed by atoms with Gasteiger partial charge in [0.25, 0.3) is 0 Å². The summed E-state index contributed by atoms with van der Waals surface area (Å²) in [7, 11) is 4.12. The second kappa shape index (κ2) is 9.18. The maximum absolute atomic E-state index is 12.0. The molecule has 1 aromatic heterocycles. The molecule has 0 aliphatic carbocycles. The van der Waals surface area contributed by atoms with Gasteiger partial charge in [-0.1, -0.05) is 0 Å². The number of aromatic nitrogens is 1. The highest BCUT2D eigenvalue weighted by Crippen LogP contribution is 2.26. The highest BCUT2D eigenvalue weighted by Gasteiger charge is 2.23. The van der Waals surface area contributed by atoms with Crippen LogP contribution in [0.15, 0.2) is 24.4 Å². The van der Waals surface area contributed by atoms with Crippen LogP contribution in [0, 0.1) is 5.41 Å². The van der Waals surface area contributed by atoms with Gasteiger partial charge in [0.05, 0.1) is 5.41 Å². The van der Waals surface area contributed by atoms with Crippen LogP contribution in [-0.2, 0) is 20.8 Å². The number of likely N-dealkylation sites (N-methyl/N-ethyl adjacent to an activating group) is 1. The first-order valence-electron chi connectivity index (χ1n) is 8.35. The molecular formula is C19H26N2O6. The van der Waals surface area contributed by atoms with E-state index in [1.54, 1.807) is 0 Å². The van der Waals surface area contributed by atoms with Crippen molar-refractivity contribution >= 4 is 28.8 Å². The van der Waals surface area contributed by atoms with Crippen LogP contribution < -0.4 is 4.74 Å². The minimum atomic E-state index is -1.82. The van der Waals surface area contributed by atoms with E-state index in [0.717, 1.165) is 23.9 Å². The third-order valence-corrected chi connectivity index (χ3v) is 3.57. The number of carbonyl (C=O) groups is 3. The number of carbonyl (C=O) groups excluding carboxylic acids is 1. The number of fused-ring (bicyclic) bond motifs is 1. The van der Waals surface area contributed by atoms with Crippen molar-refractivity contribution in [2.75, 3.05) is 20.6 Å². The first-order valence-corrected chi connectivity index (χ1v) is 8.35. The first kappa shape index (κ1) is 22.2. The van der Waals surface area contributed by atoms with Crippen molar-refractivity contribution in [3.63, 3.8) is 0 Å². The van der Waals surface area contributed by atoms with Gasteiger partial charge < -0.3 is 24.8 Å². The molecule has 8 heteroatoms. The number of benzene rings is 1. The number of carboxylic acids is 2. The Morgan fingerprint density at radius 2 is 1.70 bits per heavy atom. The van der Waals surface area contributed by atoms with Crippen LogP contribution in [0.4, 0.5) is 0 Å². The van der Waals surface area contributed by atoms with Crippen LogP contribution in [0.3, 0.4) is 0 Å². The van der Waals surface area contributed by atoms with Gasteiger partial charge >= 0.3 is 17.9 Å². The second-order valence-electron chi connectivity index (χ2n) is 7.32. The number of esters is 1. The number of nitrogens with one attached hydrogen (secondary N) is 1. The number of nitrogens with zero attached hydrogens (tertiary/aromatic N) is 1. The van der Waals surface area contributed by atoms with Crippen LogP contribution in [0.25, 0.3) is 10.9 Å². The highest BCUT2D eigenvalue weighted by molar-refractivity contribution is 6.27. The molecule has 0 amide bonds. The summed E-state index contributed by atoms with van der Waals surface area (Å²) >= 11 is 0. The summed E-state index contributed by atoms with van der Waals surface area (Å²) in [6.45, 7) is 6.55. The predicted octanol–water partition coefficient (Wildman–Crippen LogP) is 2.38. The fourth-order valence-corrected chi connectivity index (χ4v) is 2.03. The molecule has 0 saturated heterocycles. The Morgan fingerprint density at radius 1 is 1.11 bits per heavy atom. The summed E-state index contributed by atoms with van der Waals surface area (Å²) < 4.78 is 5.47. The van der Waals surface area contributed by atoms with Crippen molar-refractivity contribution < 1.29 is 29.3 Å². The van der Waals surface area contributed by atoms with E-state index in [-0.39, 0.29) is 5.97 Å². The number of rotatable bonds is 4. The van der Waals surface area contributed by atoms with Gasteiger partial charge in [0.15, 0.2) is 0 Å². The molecule has 3 N–H and O–H groups in total. The summed E-state index contributed by atoms with van der Waals surface area (Å²) in [4.78, 5) is 35.6.